The zero-order valence-electron chi connectivity index (χ0n) is 19.9. The van der Waals surface area contributed by atoms with Crippen molar-refractivity contribution >= 4 is 23.4 Å². The third-order valence-corrected chi connectivity index (χ3v) is 7.10. The van der Waals surface area contributed by atoms with E-state index in [9.17, 15) is 27.6 Å². The van der Waals surface area contributed by atoms with Gasteiger partial charge < -0.3 is 9.30 Å². The number of hydrogen-bond donors (Lipinski definition) is 0. The summed E-state index contributed by atoms with van der Waals surface area (Å²) in [5.74, 6) is -1.49. The zero-order valence-corrected chi connectivity index (χ0v) is 19.9. The number of carbonyl (C=O) groups excluding carboxylic acids is 3. The summed E-state index contributed by atoms with van der Waals surface area (Å²) in [7, 11) is 1.57. The van der Waals surface area contributed by atoms with E-state index in [2.05, 4.69) is 4.98 Å². The molecule has 5 rings (SSSR count). The van der Waals surface area contributed by atoms with Crippen molar-refractivity contribution in [2.45, 2.75) is 56.8 Å². The number of fused-ring (bicyclic) bond motifs is 1. The summed E-state index contributed by atoms with van der Waals surface area (Å²) in [5.41, 5.74) is -0.328. The van der Waals surface area contributed by atoms with Crippen molar-refractivity contribution in [3.63, 3.8) is 0 Å². The number of likely N-dealkylation sites (tertiary alicyclic amines) is 1. The normalized spacial score (nSPS) is 20.4. The SMILES string of the molecule is Cc1nc2ccccn2c1CN(C)C(=O)C[C@@]1(c2cccc(C(F)(F)F)c2)CC(=O)N(C2CC2)C1=O. The smallest absolute Gasteiger partial charge is 0.340 e. The standard InChI is InChI=1S/C26H25F3N4O3/c1-16-20(32-11-4-3-8-21(32)30-16)15-31(2)22(34)13-25(14-23(35)33(24(25)36)19-9-10-19)17-6-5-7-18(12-17)26(27,28)29/h3-8,11-12,19H,9-10,13-15H2,1-2H3/t25-/m0/s1. The number of alkyl halides is 3. The van der Waals surface area contributed by atoms with Crippen LogP contribution in [0.25, 0.3) is 5.65 Å². The maximum atomic E-state index is 13.6. The van der Waals surface area contributed by atoms with Crippen molar-refractivity contribution in [1.82, 2.24) is 19.2 Å². The van der Waals surface area contributed by atoms with Gasteiger partial charge in [0.2, 0.25) is 17.7 Å². The summed E-state index contributed by atoms with van der Waals surface area (Å²) >= 11 is 0. The van der Waals surface area contributed by atoms with Gasteiger partial charge in [-0.05, 0) is 43.5 Å². The molecule has 1 aliphatic heterocycles. The first kappa shape index (κ1) is 24.0. The molecule has 0 radical (unpaired) electrons. The van der Waals surface area contributed by atoms with E-state index in [1.54, 1.807) is 7.05 Å². The Morgan fingerprint density at radius 2 is 1.92 bits per heavy atom. The van der Waals surface area contributed by atoms with Crippen molar-refractivity contribution in [3.8, 4) is 0 Å². The van der Waals surface area contributed by atoms with Gasteiger partial charge >= 0.3 is 6.18 Å². The number of benzene rings is 1. The van der Waals surface area contributed by atoms with Crippen LogP contribution >= 0.6 is 0 Å². The van der Waals surface area contributed by atoms with Crippen molar-refractivity contribution in [2.75, 3.05) is 7.05 Å². The summed E-state index contributed by atoms with van der Waals surface area (Å²) in [6.07, 6.45) is -2.21. The number of pyridine rings is 1. The highest BCUT2D eigenvalue weighted by atomic mass is 19.4. The number of carbonyl (C=O) groups is 3. The van der Waals surface area contributed by atoms with Crippen molar-refractivity contribution < 1.29 is 27.6 Å². The molecule has 3 aromatic rings. The quantitative estimate of drug-likeness (QED) is 0.484. The fourth-order valence-electron chi connectivity index (χ4n) is 4.98. The van der Waals surface area contributed by atoms with Crippen LogP contribution in [-0.4, -0.2) is 50.0 Å². The van der Waals surface area contributed by atoms with Gasteiger partial charge in [0.1, 0.15) is 5.65 Å². The second kappa shape index (κ2) is 8.46. The van der Waals surface area contributed by atoms with E-state index in [1.165, 1.54) is 17.0 Å². The van der Waals surface area contributed by atoms with Gasteiger partial charge in [0, 0.05) is 32.1 Å². The van der Waals surface area contributed by atoms with Crippen LogP contribution in [0, 0.1) is 6.92 Å². The summed E-state index contributed by atoms with van der Waals surface area (Å²) in [4.78, 5) is 47.1. The Hall–Kier alpha value is -3.69. The first-order valence-electron chi connectivity index (χ1n) is 11.7. The van der Waals surface area contributed by atoms with Crippen molar-refractivity contribution in [3.05, 3.63) is 71.2 Å². The van der Waals surface area contributed by atoms with Crippen LogP contribution in [0.1, 0.15) is 48.2 Å². The topological polar surface area (TPSA) is 75.0 Å². The lowest BCUT2D eigenvalue weighted by Crippen LogP contribution is -2.43. The summed E-state index contributed by atoms with van der Waals surface area (Å²) in [6.45, 7) is 2.01. The lowest BCUT2D eigenvalue weighted by atomic mass is 9.75. The van der Waals surface area contributed by atoms with E-state index in [0.717, 1.165) is 34.1 Å². The average Bonchev–Trinajstić information content (AvgIpc) is 3.56. The van der Waals surface area contributed by atoms with Crippen molar-refractivity contribution in [1.29, 1.82) is 0 Å². The Labute approximate surface area is 205 Å². The highest BCUT2D eigenvalue weighted by molar-refractivity contribution is 6.11. The fraction of sp³-hybridized carbons (Fsp3) is 0.385. The second-order valence-corrected chi connectivity index (χ2v) is 9.64. The molecule has 0 unspecified atom stereocenters. The van der Waals surface area contributed by atoms with Crippen LogP contribution < -0.4 is 0 Å². The summed E-state index contributed by atoms with van der Waals surface area (Å²) < 4.78 is 42.3. The Kier molecular flexibility index (Phi) is 5.65. The number of rotatable bonds is 6. The van der Waals surface area contributed by atoms with Crippen LogP contribution in [0.15, 0.2) is 48.7 Å². The third-order valence-electron chi connectivity index (χ3n) is 7.10. The highest BCUT2D eigenvalue weighted by Gasteiger charge is 2.57. The molecule has 2 aliphatic rings. The minimum Gasteiger partial charge on any atom is -0.340 e. The monoisotopic (exact) mass is 498 g/mol. The molecule has 3 amide bonds. The third kappa shape index (κ3) is 4.04. The van der Waals surface area contributed by atoms with E-state index >= 15 is 0 Å². The highest BCUT2D eigenvalue weighted by Crippen LogP contribution is 2.45. The Balaban J connectivity index is 1.49. The number of hydrogen-bond acceptors (Lipinski definition) is 4. The van der Waals surface area contributed by atoms with Crippen LogP contribution in [0.5, 0.6) is 0 Å². The van der Waals surface area contributed by atoms with Gasteiger partial charge in [-0.2, -0.15) is 13.2 Å². The Bertz CT molecular complexity index is 1380. The number of aryl methyl sites for hydroxylation is 1. The van der Waals surface area contributed by atoms with Gasteiger partial charge in [-0.15, -0.1) is 0 Å². The van der Waals surface area contributed by atoms with Crippen LogP contribution in [0.4, 0.5) is 13.2 Å². The molecule has 0 bridgehead atoms. The Morgan fingerprint density at radius 1 is 1.17 bits per heavy atom. The van der Waals surface area contributed by atoms with Gasteiger partial charge in [0.25, 0.3) is 0 Å². The van der Waals surface area contributed by atoms with Gasteiger partial charge in [-0.3, -0.25) is 19.3 Å². The largest absolute Gasteiger partial charge is 0.416 e. The molecular formula is C26H25F3N4O3. The van der Waals surface area contributed by atoms with Crippen molar-refractivity contribution in [2.24, 2.45) is 0 Å². The number of amides is 3. The van der Waals surface area contributed by atoms with Gasteiger partial charge in [0.15, 0.2) is 0 Å². The lowest BCUT2D eigenvalue weighted by molar-refractivity contribution is -0.143. The average molecular weight is 499 g/mol. The summed E-state index contributed by atoms with van der Waals surface area (Å²) in [6, 6.07) is 9.72. The lowest BCUT2D eigenvalue weighted by Gasteiger charge is -2.30. The van der Waals surface area contributed by atoms with Crippen LogP contribution in [0.2, 0.25) is 0 Å². The van der Waals surface area contributed by atoms with Crippen LogP contribution in [-0.2, 0) is 32.5 Å². The molecule has 3 heterocycles. The molecule has 10 heteroatoms. The predicted molar refractivity (Wildman–Crippen MR) is 124 cm³/mol. The molecular weight excluding hydrogens is 473 g/mol. The molecule has 1 saturated carbocycles. The van der Waals surface area contributed by atoms with Gasteiger partial charge in [-0.25, -0.2) is 4.98 Å². The maximum absolute atomic E-state index is 13.6. The van der Waals surface area contributed by atoms with E-state index in [1.807, 2.05) is 35.7 Å². The number of nitrogens with zero attached hydrogens (tertiary/aromatic N) is 4. The number of imide groups is 1. The molecule has 1 aliphatic carbocycles. The molecule has 1 aromatic carbocycles. The molecule has 0 N–H and O–H groups in total. The number of aromatic nitrogens is 2. The Morgan fingerprint density at radius 3 is 2.61 bits per heavy atom. The van der Waals surface area contributed by atoms with Crippen LogP contribution in [0.3, 0.4) is 0 Å². The van der Waals surface area contributed by atoms with E-state index in [4.69, 9.17) is 0 Å². The van der Waals surface area contributed by atoms with E-state index in [0.29, 0.717) is 12.8 Å². The molecule has 0 spiro atoms. The number of imidazole rings is 1. The first-order valence-corrected chi connectivity index (χ1v) is 11.7. The van der Waals surface area contributed by atoms with Gasteiger partial charge in [0.05, 0.1) is 28.9 Å². The number of halogens is 3. The minimum absolute atomic E-state index is 0.0339. The maximum Gasteiger partial charge on any atom is 0.416 e. The zero-order chi connectivity index (χ0) is 25.8. The second-order valence-electron chi connectivity index (χ2n) is 9.64. The predicted octanol–water partition coefficient (Wildman–Crippen LogP) is 3.87. The minimum atomic E-state index is -4.62. The summed E-state index contributed by atoms with van der Waals surface area (Å²) in [5, 5.41) is 0. The molecule has 1 atom stereocenters. The van der Waals surface area contributed by atoms with E-state index < -0.39 is 41.3 Å². The molecule has 36 heavy (non-hydrogen) atoms. The molecule has 1 saturated heterocycles. The molecule has 2 aromatic heterocycles. The van der Waals surface area contributed by atoms with Gasteiger partial charge in [-0.1, -0.05) is 24.3 Å². The first-order chi connectivity index (χ1) is 17.0. The fourth-order valence-corrected chi connectivity index (χ4v) is 4.98. The van der Waals surface area contributed by atoms with E-state index in [-0.39, 0.29) is 24.6 Å². The molecule has 7 nitrogen and oxygen atoms in total. The molecule has 188 valence electrons. The molecule has 2 fully saturated rings.